The van der Waals surface area contributed by atoms with Gasteiger partial charge in [0.25, 0.3) is 0 Å². The lowest BCUT2D eigenvalue weighted by Crippen LogP contribution is -2.52. The average Bonchev–Trinajstić information content (AvgIpc) is 3.59. The summed E-state index contributed by atoms with van der Waals surface area (Å²) in [5.41, 5.74) is 5.10. The number of ether oxygens (including phenoxy) is 1. The van der Waals surface area contributed by atoms with Crippen LogP contribution >= 0.6 is 15.9 Å². The molecule has 2 fully saturated rings. The summed E-state index contributed by atoms with van der Waals surface area (Å²) in [7, 11) is -0.161. The normalized spacial score (nSPS) is 17.5. The first-order chi connectivity index (χ1) is 25.8. The minimum absolute atomic E-state index is 0.238. The van der Waals surface area contributed by atoms with Crippen molar-refractivity contribution in [3.05, 3.63) is 59.7 Å². The van der Waals surface area contributed by atoms with Crippen molar-refractivity contribution in [2.24, 2.45) is 7.05 Å². The highest BCUT2D eigenvalue weighted by atomic mass is 79.9. The second kappa shape index (κ2) is 14.6. The molecule has 7 rings (SSSR count). The van der Waals surface area contributed by atoms with Crippen molar-refractivity contribution in [3.8, 4) is 16.9 Å². The lowest BCUT2D eigenvalue weighted by molar-refractivity contribution is 0.0982. The van der Waals surface area contributed by atoms with Crippen molar-refractivity contribution >= 4 is 71.5 Å². The van der Waals surface area contributed by atoms with Crippen LogP contribution in [-0.4, -0.2) is 114 Å². The number of fused-ring (bicyclic) bond motifs is 1. The number of benzene rings is 2. The highest BCUT2D eigenvalue weighted by Gasteiger charge is 2.29. The molecule has 0 aliphatic carbocycles. The second-order valence-corrected chi connectivity index (χ2v) is 15.2. The summed E-state index contributed by atoms with van der Waals surface area (Å²) >= 11 is 3.53. The summed E-state index contributed by atoms with van der Waals surface area (Å²) < 4.78 is 58.7. The van der Waals surface area contributed by atoms with Crippen LogP contribution in [-0.2, 0) is 17.1 Å². The largest absolute Gasteiger partial charge is 0.494 e. The molecule has 268 valence electrons. The van der Waals surface area contributed by atoms with Crippen LogP contribution in [0.5, 0.6) is 5.75 Å². The van der Waals surface area contributed by atoms with Gasteiger partial charge in [-0.25, -0.2) is 13.4 Å². The van der Waals surface area contributed by atoms with E-state index in [2.05, 4.69) is 61.1 Å². The van der Waals surface area contributed by atoms with Gasteiger partial charge in [0.05, 0.1) is 46.6 Å². The van der Waals surface area contributed by atoms with Crippen molar-refractivity contribution in [2.45, 2.75) is 18.9 Å². The minimum Gasteiger partial charge on any atom is -0.494 e. The minimum atomic E-state index is -3.66. The molecule has 3 N–H and O–H groups in total. The van der Waals surface area contributed by atoms with E-state index in [-0.39, 0.29) is 11.6 Å². The fourth-order valence-electron chi connectivity index (χ4n) is 6.64. The van der Waals surface area contributed by atoms with E-state index in [0.717, 1.165) is 62.1 Å². The van der Waals surface area contributed by atoms with E-state index in [0.29, 0.717) is 57.6 Å². The molecule has 0 atom stereocenters. The Morgan fingerprint density at radius 2 is 1.76 bits per heavy atom. The van der Waals surface area contributed by atoms with E-state index in [1.807, 2.05) is 31.6 Å². The number of sulfonamides is 1. The Hall–Kier alpha value is -4.58. The van der Waals surface area contributed by atoms with Crippen molar-refractivity contribution in [1.29, 1.82) is 0 Å². The van der Waals surface area contributed by atoms with Crippen LogP contribution in [0.1, 0.15) is 17.0 Å². The molecule has 2 aliphatic rings. The summed E-state index contributed by atoms with van der Waals surface area (Å²) in [6.07, 6.45) is 11.4. The van der Waals surface area contributed by atoms with Crippen LogP contribution in [0.3, 0.4) is 0 Å². The fourth-order valence-corrected chi connectivity index (χ4v) is 7.51. The molecule has 5 heterocycles. The van der Waals surface area contributed by atoms with E-state index in [9.17, 15) is 8.42 Å². The number of piperazine rings is 1. The predicted molar refractivity (Wildman–Crippen MR) is 204 cm³/mol. The number of aryl methyl sites for hydroxylation is 1. The van der Waals surface area contributed by atoms with Crippen LogP contribution in [0.25, 0.3) is 22.2 Å². The van der Waals surface area contributed by atoms with E-state index in [1.165, 1.54) is 12.4 Å². The Kier molecular flexibility index (Phi) is 8.91. The van der Waals surface area contributed by atoms with Gasteiger partial charge in [-0.3, -0.25) is 24.3 Å². The van der Waals surface area contributed by atoms with Gasteiger partial charge in [-0.05, 0) is 53.9 Å². The standard InChI is InChI=1S/C34H41BrN12O3S/c1-44-13-15-46(16-14-44)23-7-11-47(12-8-23)29-18-30(50-3)28(17-24(29)22-19-39-45(2)21-22)41-34-38-20-25(35)33(42-34)40-27-6-5-26-31(37-10-9-36-26)32(27)43-51(4,48)49/h5-6,9-10,17-21,23,43H,7-8,11-16H2,1-4H3,(H2,38,40,41,42)/i1D3. The Morgan fingerprint density at radius 1 is 0.980 bits per heavy atom. The Morgan fingerprint density at radius 3 is 2.47 bits per heavy atom. The Balaban J connectivity index is 1.15. The lowest BCUT2D eigenvalue weighted by Gasteiger charge is -2.43. The Bertz CT molecular complexity index is 2260. The van der Waals surface area contributed by atoms with E-state index < -0.39 is 17.0 Å². The molecule has 17 heteroatoms. The number of hydrogen-bond donors (Lipinski definition) is 3. The zero-order valence-corrected chi connectivity index (χ0v) is 30.9. The van der Waals surface area contributed by atoms with Crippen LogP contribution in [0.2, 0.25) is 0 Å². The zero-order valence-electron chi connectivity index (χ0n) is 31.5. The molecule has 2 aliphatic heterocycles. The number of aromatic nitrogens is 6. The van der Waals surface area contributed by atoms with Crippen molar-refractivity contribution in [2.75, 3.05) is 79.9 Å². The molecule has 0 amide bonds. The highest BCUT2D eigenvalue weighted by molar-refractivity contribution is 9.10. The molecule has 15 nitrogen and oxygen atoms in total. The zero-order chi connectivity index (χ0) is 38.2. The monoisotopic (exact) mass is 779 g/mol. The molecule has 3 aromatic heterocycles. The SMILES string of the molecule is [2H]C([2H])([2H])N1CCN(C2CCN(c3cc(OC)c(Nc4ncc(Br)c(Nc5ccc6nccnc6c5NS(C)(=O)=O)n4)cc3-c3cnn(C)c3)CC2)CC1. The number of methoxy groups -OCH3 is 1. The lowest BCUT2D eigenvalue weighted by atomic mass is 9.98. The first-order valence-electron chi connectivity index (χ1n) is 18.0. The first-order valence-corrected chi connectivity index (χ1v) is 19.2. The number of halogens is 1. The molecule has 2 aromatic carbocycles. The van der Waals surface area contributed by atoms with Gasteiger partial charge >= 0.3 is 0 Å². The summed E-state index contributed by atoms with van der Waals surface area (Å²) in [6.45, 7) is 2.22. The van der Waals surface area contributed by atoms with Crippen molar-refractivity contribution in [3.63, 3.8) is 0 Å². The predicted octanol–water partition coefficient (Wildman–Crippen LogP) is 4.67. The van der Waals surface area contributed by atoms with E-state index in [4.69, 9.17) is 13.8 Å². The number of nitrogens with one attached hydrogen (secondary N) is 3. The third kappa shape index (κ3) is 7.85. The van der Waals surface area contributed by atoms with Crippen molar-refractivity contribution < 1.29 is 17.3 Å². The van der Waals surface area contributed by atoms with Gasteiger partial charge in [0.2, 0.25) is 16.0 Å². The number of hydrogen-bond acceptors (Lipinski definition) is 13. The molecule has 0 spiro atoms. The molecule has 5 aromatic rings. The van der Waals surface area contributed by atoms with Gasteiger partial charge in [0, 0.05) is 104 Å². The fraction of sp³-hybridized carbons (Fsp3) is 0.382. The third-order valence-electron chi connectivity index (χ3n) is 9.14. The number of rotatable bonds is 10. The van der Waals surface area contributed by atoms with Gasteiger partial charge < -0.3 is 25.2 Å². The molecule has 0 bridgehead atoms. The average molecular weight is 781 g/mol. The van der Waals surface area contributed by atoms with Crippen LogP contribution in [0.15, 0.2) is 59.7 Å². The molecular formula is C34H41BrN12O3S. The van der Waals surface area contributed by atoms with Gasteiger partial charge in [-0.2, -0.15) is 10.1 Å². The number of nitrogens with zero attached hydrogens (tertiary/aromatic N) is 9. The number of likely N-dealkylation sites (N-methyl/N-ethyl adjacent to an activating group) is 1. The van der Waals surface area contributed by atoms with Gasteiger partial charge in [-0.15, -0.1) is 0 Å². The smallest absolute Gasteiger partial charge is 0.229 e. The van der Waals surface area contributed by atoms with E-state index in [1.54, 1.807) is 35.0 Å². The summed E-state index contributed by atoms with van der Waals surface area (Å²) in [5.74, 6) is 1.23. The highest BCUT2D eigenvalue weighted by Crippen LogP contribution is 2.42. The van der Waals surface area contributed by atoms with Crippen LogP contribution < -0.4 is 25.0 Å². The summed E-state index contributed by atoms with van der Waals surface area (Å²) in [6, 6.07) is 7.88. The molecular weight excluding hydrogens is 736 g/mol. The number of piperidine rings is 1. The summed E-state index contributed by atoms with van der Waals surface area (Å²) in [4.78, 5) is 24.3. The van der Waals surface area contributed by atoms with Gasteiger partial charge in [-0.1, -0.05) is 0 Å². The van der Waals surface area contributed by atoms with Gasteiger partial charge in [0.15, 0.2) is 0 Å². The van der Waals surface area contributed by atoms with Gasteiger partial charge in [0.1, 0.15) is 17.1 Å². The first kappa shape index (κ1) is 31.2. The van der Waals surface area contributed by atoms with Crippen molar-refractivity contribution in [1.82, 2.24) is 39.5 Å². The molecule has 0 unspecified atom stereocenters. The van der Waals surface area contributed by atoms with E-state index >= 15 is 0 Å². The number of anilines is 6. The molecule has 2 saturated heterocycles. The quantitative estimate of drug-likeness (QED) is 0.180. The molecule has 0 saturated carbocycles. The molecule has 51 heavy (non-hydrogen) atoms. The molecule has 0 radical (unpaired) electrons. The summed E-state index contributed by atoms with van der Waals surface area (Å²) in [5, 5.41) is 11.0. The topological polar surface area (TPSA) is 159 Å². The maximum absolute atomic E-state index is 12.3. The Labute approximate surface area is 309 Å². The van der Waals surface area contributed by atoms with Crippen LogP contribution in [0, 0.1) is 0 Å². The third-order valence-corrected chi connectivity index (χ3v) is 10.3. The van der Waals surface area contributed by atoms with Crippen LogP contribution in [0.4, 0.5) is 34.5 Å². The second-order valence-electron chi connectivity index (χ2n) is 12.6. The maximum atomic E-state index is 12.3. The maximum Gasteiger partial charge on any atom is 0.229 e.